The van der Waals surface area contributed by atoms with E-state index in [1.165, 1.54) is 140 Å². The Kier molecular flexibility index (Phi) is 32.4. The molecule has 2 N–H and O–H groups in total. The zero-order valence-electron chi connectivity index (χ0n) is 40.0. The minimum Gasteiger partial charge on any atom is -0.465 e. The predicted octanol–water partition coefficient (Wildman–Crippen LogP) is 12.2. The van der Waals surface area contributed by atoms with E-state index in [2.05, 4.69) is 31.0 Å². The van der Waals surface area contributed by atoms with Crippen LogP contribution in [0.3, 0.4) is 0 Å². The molecule has 0 unspecified atom stereocenters. The fourth-order valence-electron chi connectivity index (χ4n) is 9.47. The van der Waals surface area contributed by atoms with E-state index in [0.29, 0.717) is 5.92 Å². The fraction of sp³-hybridized carbons (Fsp3) is 0.940. The second-order valence-corrected chi connectivity index (χ2v) is 20.2. The van der Waals surface area contributed by atoms with Crippen LogP contribution in [0.2, 0.25) is 0 Å². The summed E-state index contributed by atoms with van der Waals surface area (Å²) in [5.41, 5.74) is -0.806. The van der Waals surface area contributed by atoms with Crippen LogP contribution in [0.5, 0.6) is 0 Å². The first-order chi connectivity index (χ1) is 29.6. The van der Waals surface area contributed by atoms with Gasteiger partial charge < -0.3 is 24.6 Å². The molecule has 0 spiro atoms. The average Bonchev–Trinajstić information content (AvgIpc) is 3.62. The number of esters is 2. The molecule has 2 fully saturated rings. The van der Waals surface area contributed by atoms with Crippen LogP contribution < -0.4 is 5.32 Å². The number of alkyl halides is 1. The Labute approximate surface area is 383 Å². The number of carbonyl (C=O) groups is 3. The van der Waals surface area contributed by atoms with Crippen molar-refractivity contribution < 1.29 is 33.7 Å². The molecule has 0 bridgehead atoms. The number of carbonyl (C=O) groups excluding carboxylic acids is 3. The highest BCUT2D eigenvalue weighted by atomic mass is 35.5. The molecular weight excluding hydrogens is 808 g/mol. The molecule has 0 aromatic rings. The van der Waals surface area contributed by atoms with Crippen molar-refractivity contribution in [3.8, 4) is 0 Å². The molecule has 2 aliphatic heterocycles. The van der Waals surface area contributed by atoms with Crippen molar-refractivity contribution >= 4 is 41.2 Å². The molecule has 0 aliphatic carbocycles. The maximum Gasteiger partial charge on any atom is 0.313 e. The Morgan fingerprint density at radius 1 is 0.689 bits per heavy atom. The quantitative estimate of drug-likeness (QED) is 0.0357. The number of amides is 1. The van der Waals surface area contributed by atoms with Crippen LogP contribution >= 0.6 is 23.4 Å². The largest absolute Gasteiger partial charge is 0.465 e. The molecule has 11 heteroatoms. The van der Waals surface area contributed by atoms with Gasteiger partial charge in [0.2, 0.25) is 5.91 Å². The maximum absolute atomic E-state index is 14.0. The first-order valence-electron chi connectivity index (χ1n) is 25.4. The molecule has 2 rings (SSSR count). The lowest BCUT2D eigenvalue weighted by molar-refractivity contribution is -0.198. The lowest BCUT2D eigenvalue weighted by Crippen LogP contribution is -2.64. The molecule has 61 heavy (non-hydrogen) atoms. The van der Waals surface area contributed by atoms with Gasteiger partial charge in [-0.15, -0.1) is 23.4 Å². The van der Waals surface area contributed by atoms with Gasteiger partial charge in [-0.3, -0.25) is 19.3 Å². The second-order valence-electron chi connectivity index (χ2n) is 18.6. The number of nitrogens with one attached hydrogen (secondary N) is 1. The summed E-state index contributed by atoms with van der Waals surface area (Å²) in [7, 11) is 1.96. The van der Waals surface area contributed by atoms with E-state index in [0.717, 1.165) is 64.3 Å². The third kappa shape index (κ3) is 22.6. The molecule has 1 amide bonds. The highest BCUT2D eigenvalue weighted by Crippen LogP contribution is 2.40. The Morgan fingerprint density at radius 2 is 1.10 bits per heavy atom. The fourth-order valence-corrected chi connectivity index (χ4v) is 10.5. The topological polar surface area (TPSA) is 114 Å². The number of likely N-dealkylation sites (N-methyl/N-ethyl adjacent to an activating group) is 1. The third-order valence-electron chi connectivity index (χ3n) is 13.2. The zero-order chi connectivity index (χ0) is 44.7. The van der Waals surface area contributed by atoms with Crippen molar-refractivity contribution in [2.75, 3.05) is 33.1 Å². The van der Waals surface area contributed by atoms with E-state index in [9.17, 15) is 19.5 Å². The number of aliphatic hydroxyl groups excluding tert-OH is 1. The third-order valence-corrected chi connectivity index (χ3v) is 14.4. The number of ether oxygens (including phenoxy) is 3. The van der Waals surface area contributed by atoms with Gasteiger partial charge >= 0.3 is 11.9 Å². The summed E-state index contributed by atoms with van der Waals surface area (Å²) < 4.78 is 18.2. The van der Waals surface area contributed by atoms with Gasteiger partial charge in [0, 0.05) is 6.54 Å². The van der Waals surface area contributed by atoms with Gasteiger partial charge in [0.05, 0.1) is 36.8 Å². The first-order valence-corrected chi connectivity index (χ1v) is 27.2. The summed E-state index contributed by atoms with van der Waals surface area (Å²) in [4.78, 5) is 43.8. The Hall–Kier alpha value is -1.07. The first kappa shape index (κ1) is 56.1. The molecule has 0 aromatic carbocycles. The van der Waals surface area contributed by atoms with Gasteiger partial charge in [0.15, 0.2) is 0 Å². The number of unbranched alkanes of at least 4 members (excludes halogenated alkanes) is 24. The van der Waals surface area contributed by atoms with Crippen molar-refractivity contribution in [2.24, 2.45) is 17.8 Å². The van der Waals surface area contributed by atoms with Crippen LogP contribution in [0.25, 0.3) is 0 Å². The van der Waals surface area contributed by atoms with Crippen LogP contribution in [0.1, 0.15) is 214 Å². The molecule has 9 atom stereocenters. The normalized spacial score (nSPS) is 24.1. The molecule has 9 nitrogen and oxygen atoms in total. The average molecular weight is 902 g/mol. The summed E-state index contributed by atoms with van der Waals surface area (Å²) >= 11 is 8.06. The molecule has 358 valence electrons. The SMILES string of the molecule is CCCCCCCCCCCCCCCOC(=O)[C@@H]1[C@@H](C(=O)OCCCCCCCCCCCCCCC)[C@@H](O)[C@@H]([C@H](NC(=O)[C@@H]2C[C@@H](CCC)CN2C)[C@H](C)Cl)O[C@@H]1SC. The predicted molar refractivity (Wildman–Crippen MR) is 255 cm³/mol. The van der Waals surface area contributed by atoms with Gasteiger partial charge in [0.25, 0.3) is 0 Å². The number of thioether (sulfide) groups is 1. The summed E-state index contributed by atoms with van der Waals surface area (Å²) in [6.07, 6.45) is 33.9. The monoisotopic (exact) mass is 901 g/mol. The number of nitrogens with zero attached hydrogens (tertiary/aromatic N) is 1. The van der Waals surface area contributed by atoms with Crippen molar-refractivity contribution in [1.29, 1.82) is 0 Å². The van der Waals surface area contributed by atoms with Crippen molar-refractivity contribution in [1.82, 2.24) is 10.2 Å². The molecule has 2 aliphatic rings. The summed E-state index contributed by atoms with van der Waals surface area (Å²) in [5, 5.41) is 14.5. The number of aliphatic hydroxyl groups is 1. The van der Waals surface area contributed by atoms with E-state index >= 15 is 0 Å². The standard InChI is InChI=1S/C50H93ClN2O7S/c1-7-10-12-14-16-18-20-22-24-26-28-30-32-35-58-48(56)42-43(49(57)59-36-33-31-29-27-25-23-21-19-17-15-13-11-8-2)50(61-6)60-46(45(42)54)44(39(4)51)52-47(55)41-37-40(34-9-3)38-53(41)5/h39-46,50,54H,7-38H2,1-6H3,(H,52,55)/t39-,40+,41-,42+,43-,44+,45+,46+,50+/m0/s1. The number of halogens is 1. The van der Waals surface area contributed by atoms with Gasteiger partial charge in [-0.1, -0.05) is 181 Å². The highest BCUT2D eigenvalue weighted by molar-refractivity contribution is 7.99. The number of hydrogen-bond donors (Lipinski definition) is 2. The van der Waals surface area contributed by atoms with Crippen LogP contribution in [0.4, 0.5) is 0 Å². The van der Waals surface area contributed by atoms with E-state index < -0.39 is 52.8 Å². The number of likely N-dealkylation sites (tertiary alicyclic amines) is 1. The Bertz CT molecular complexity index is 1130. The van der Waals surface area contributed by atoms with E-state index in [1.54, 1.807) is 6.92 Å². The summed E-state index contributed by atoms with van der Waals surface area (Å²) in [5.74, 6) is -3.22. The zero-order valence-corrected chi connectivity index (χ0v) is 41.5. The second kappa shape index (κ2) is 35.2. The molecule has 0 saturated carbocycles. The minimum absolute atomic E-state index is 0.170. The minimum atomic E-state index is -1.45. The van der Waals surface area contributed by atoms with Crippen LogP contribution in [0, 0.1) is 17.8 Å². The Balaban J connectivity index is 1.98. The summed E-state index contributed by atoms with van der Waals surface area (Å²) in [6, 6.07) is -1.13. The highest BCUT2D eigenvalue weighted by Gasteiger charge is 2.56. The number of hydrogen-bond acceptors (Lipinski definition) is 9. The van der Waals surface area contributed by atoms with E-state index in [1.807, 2.05) is 13.3 Å². The molecule has 2 saturated heterocycles. The van der Waals surface area contributed by atoms with E-state index in [4.69, 9.17) is 25.8 Å². The lowest BCUT2D eigenvalue weighted by atomic mass is 9.80. The maximum atomic E-state index is 14.0. The molecule has 0 aromatic heterocycles. The molecule has 0 radical (unpaired) electrons. The lowest BCUT2D eigenvalue weighted by Gasteiger charge is -2.45. The van der Waals surface area contributed by atoms with Crippen molar-refractivity contribution in [3.63, 3.8) is 0 Å². The Morgan fingerprint density at radius 3 is 1.49 bits per heavy atom. The van der Waals surface area contributed by atoms with E-state index in [-0.39, 0.29) is 25.2 Å². The smallest absolute Gasteiger partial charge is 0.313 e. The van der Waals surface area contributed by atoms with Gasteiger partial charge in [0.1, 0.15) is 23.4 Å². The van der Waals surface area contributed by atoms with Gasteiger partial charge in [-0.2, -0.15) is 0 Å². The van der Waals surface area contributed by atoms with Crippen molar-refractivity contribution in [2.45, 2.75) is 249 Å². The van der Waals surface area contributed by atoms with Crippen molar-refractivity contribution in [3.05, 3.63) is 0 Å². The number of rotatable bonds is 37. The van der Waals surface area contributed by atoms with Gasteiger partial charge in [-0.05, 0) is 51.8 Å². The van der Waals surface area contributed by atoms with Crippen LogP contribution in [-0.2, 0) is 28.6 Å². The van der Waals surface area contributed by atoms with Gasteiger partial charge in [-0.25, -0.2) is 0 Å². The van der Waals surface area contributed by atoms with Crippen LogP contribution in [-0.4, -0.2) is 96.0 Å². The van der Waals surface area contributed by atoms with Crippen LogP contribution in [0.15, 0.2) is 0 Å². The molecular formula is C50H93ClN2O7S. The summed E-state index contributed by atoms with van der Waals surface area (Å²) in [6.45, 7) is 9.74. The molecule has 2 heterocycles.